The van der Waals surface area contributed by atoms with Crippen LogP contribution >= 0.6 is 15.9 Å². The van der Waals surface area contributed by atoms with Crippen LogP contribution in [0.25, 0.3) is 0 Å². The second kappa shape index (κ2) is 5.84. The van der Waals surface area contributed by atoms with Crippen LogP contribution in [0.2, 0.25) is 0 Å². The molecule has 0 aromatic heterocycles. The fourth-order valence-corrected chi connectivity index (χ4v) is 1.38. The first-order valence-electron chi connectivity index (χ1n) is 4.76. The van der Waals surface area contributed by atoms with Crippen molar-refractivity contribution in [2.24, 2.45) is 0 Å². The number of hydrogen-bond donors (Lipinski definition) is 0. The summed E-state index contributed by atoms with van der Waals surface area (Å²) < 4.78 is 23.4. The molecule has 0 unspecified atom stereocenters. The van der Waals surface area contributed by atoms with Crippen LogP contribution < -0.4 is 4.74 Å². The minimum absolute atomic E-state index is 0.188. The summed E-state index contributed by atoms with van der Waals surface area (Å²) >= 11 is 3.19. The molecule has 0 spiro atoms. The molecular formula is C11H12BrFO3. The molecular weight excluding hydrogens is 279 g/mol. The van der Waals surface area contributed by atoms with Crippen LogP contribution in [0.15, 0.2) is 22.7 Å². The van der Waals surface area contributed by atoms with Crippen molar-refractivity contribution >= 4 is 21.9 Å². The molecule has 0 aliphatic heterocycles. The van der Waals surface area contributed by atoms with Gasteiger partial charge >= 0.3 is 5.97 Å². The number of halogens is 2. The number of hydrogen-bond acceptors (Lipinski definition) is 3. The topological polar surface area (TPSA) is 35.5 Å². The highest BCUT2D eigenvalue weighted by Crippen LogP contribution is 2.25. The number of rotatable bonds is 4. The van der Waals surface area contributed by atoms with E-state index in [1.807, 2.05) is 0 Å². The van der Waals surface area contributed by atoms with E-state index in [0.717, 1.165) is 0 Å². The lowest BCUT2D eigenvalue weighted by Crippen LogP contribution is -2.18. The molecule has 0 saturated heterocycles. The molecule has 0 N–H and O–H groups in total. The highest BCUT2D eigenvalue weighted by molar-refractivity contribution is 9.10. The van der Waals surface area contributed by atoms with Crippen LogP contribution in [0.5, 0.6) is 5.75 Å². The van der Waals surface area contributed by atoms with Crippen LogP contribution in [-0.2, 0) is 9.53 Å². The van der Waals surface area contributed by atoms with Gasteiger partial charge in [0.15, 0.2) is 6.61 Å². The summed E-state index contributed by atoms with van der Waals surface area (Å²) in [5.41, 5.74) is 0. The maximum atomic E-state index is 12.9. The molecule has 1 aromatic carbocycles. The Labute approximate surface area is 102 Å². The van der Waals surface area contributed by atoms with E-state index in [-0.39, 0.29) is 18.5 Å². The Morgan fingerprint density at radius 3 is 2.81 bits per heavy atom. The molecule has 0 saturated carbocycles. The van der Waals surface area contributed by atoms with Gasteiger partial charge in [-0.05, 0) is 41.9 Å². The molecule has 5 heteroatoms. The maximum Gasteiger partial charge on any atom is 0.344 e. The second-order valence-corrected chi connectivity index (χ2v) is 4.26. The van der Waals surface area contributed by atoms with Crippen molar-refractivity contribution in [2.75, 3.05) is 6.61 Å². The molecule has 0 fully saturated rings. The number of carbonyl (C=O) groups excluding carboxylic acids is 1. The van der Waals surface area contributed by atoms with Crippen molar-refractivity contribution in [3.05, 3.63) is 28.5 Å². The van der Waals surface area contributed by atoms with E-state index in [9.17, 15) is 9.18 Å². The molecule has 0 amide bonds. The van der Waals surface area contributed by atoms with Crippen molar-refractivity contribution < 1.29 is 18.7 Å². The third-order valence-electron chi connectivity index (χ3n) is 1.61. The van der Waals surface area contributed by atoms with Gasteiger partial charge < -0.3 is 9.47 Å². The molecule has 0 bridgehead atoms. The van der Waals surface area contributed by atoms with Gasteiger partial charge in [-0.25, -0.2) is 9.18 Å². The molecule has 1 aromatic rings. The van der Waals surface area contributed by atoms with Gasteiger partial charge in [0.2, 0.25) is 0 Å². The van der Waals surface area contributed by atoms with Gasteiger partial charge in [-0.2, -0.15) is 0 Å². The summed E-state index contributed by atoms with van der Waals surface area (Å²) in [6.45, 7) is 3.26. The first kappa shape index (κ1) is 13.0. The van der Waals surface area contributed by atoms with Gasteiger partial charge in [-0.1, -0.05) is 0 Å². The van der Waals surface area contributed by atoms with Crippen molar-refractivity contribution in [3.63, 3.8) is 0 Å². The normalized spacial score (nSPS) is 10.3. The Kier molecular flexibility index (Phi) is 4.73. The lowest BCUT2D eigenvalue weighted by Gasteiger charge is -2.10. The van der Waals surface area contributed by atoms with Gasteiger partial charge in [0.25, 0.3) is 0 Å². The summed E-state index contributed by atoms with van der Waals surface area (Å²) in [5.74, 6) is -0.623. The quantitative estimate of drug-likeness (QED) is 0.800. The van der Waals surface area contributed by atoms with Crippen LogP contribution in [0.4, 0.5) is 4.39 Å². The molecule has 0 aliphatic rings. The maximum absolute atomic E-state index is 12.9. The Morgan fingerprint density at radius 2 is 2.19 bits per heavy atom. The molecule has 0 atom stereocenters. The lowest BCUT2D eigenvalue weighted by molar-refractivity contribution is -0.149. The third-order valence-corrected chi connectivity index (χ3v) is 2.26. The third kappa shape index (κ3) is 4.18. The summed E-state index contributed by atoms with van der Waals surface area (Å²) in [6, 6.07) is 4.01. The molecule has 88 valence electrons. The van der Waals surface area contributed by atoms with Crippen LogP contribution in [0.3, 0.4) is 0 Å². The Morgan fingerprint density at radius 1 is 1.50 bits per heavy atom. The predicted molar refractivity (Wildman–Crippen MR) is 60.8 cm³/mol. The van der Waals surface area contributed by atoms with Crippen LogP contribution in [0, 0.1) is 5.82 Å². The van der Waals surface area contributed by atoms with E-state index in [1.54, 1.807) is 13.8 Å². The van der Waals surface area contributed by atoms with E-state index in [4.69, 9.17) is 9.47 Å². The van der Waals surface area contributed by atoms with Gasteiger partial charge in [0, 0.05) is 6.07 Å². The Bertz CT molecular complexity index is 379. The van der Waals surface area contributed by atoms with Crippen molar-refractivity contribution in [1.82, 2.24) is 0 Å². The SMILES string of the molecule is CC(C)OC(=O)COc1cc(F)ccc1Br. The summed E-state index contributed by atoms with van der Waals surface area (Å²) in [7, 11) is 0. The molecule has 1 rings (SSSR count). The number of esters is 1. The zero-order chi connectivity index (χ0) is 12.1. The zero-order valence-corrected chi connectivity index (χ0v) is 10.6. The van der Waals surface area contributed by atoms with Gasteiger partial charge in [0.1, 0.15) is 11.6 Å². The fourth-order valence-electron chi connectivity index (χ4n) is 1.02. The van der Waals surface area contributed by atoms with Crippen molar-refractivity contribution in [1.29, 1.82) is 0 Å². The number of ether oxygens (including phenoxy) is 2. The first-order chi connectivity index (χ1) is 7.49. The minimum Gasteiger partial charge on any atom is -0.481 e. The number of benzene rings is 1. The van der Waals surface area contributed by atoms with Gasteiger partial charge in [-0.3, -0.25) is 0 Å². The second-order valence-electron chi connectivity index (χ2n) is 3.40. The number of carbonyl (C=O) groups is 1. The average Bonchev–Trinajstić information content (AvgIpc) is 2.18. The van der Waals surface area contributed by atoms with E-state index in [0.29, 0.717) is 4.47 Å². The average molecular weight is 291 g/mol. The summed E-state index contributed by atoms with van der Waals surface area (Å²) in [5, 5.41) is 0. The smallest absolute Gasteiger partial charge is 0.344 e. The summed E-state index contributed by atoms with van der Waals surface area (Å²) in [6.07, 6.45) is -0.188. The fraction of sp³-hybridized carbons (Fsp3) is 0.364. The molecule has 0 heterocycles. The van der Waals surface area contributed by atoms with Crippen LogP contribution in [-0.4, -0.2) is 18.7 Å². The zero-order valence-electron chi connectivity index (χ0n) is 9.00. The predicted octanol–water partition coefficient (Wildman–Crippen LogP) is 2.92. The van der Waals surface area contributed by atoms with Crippen LogP contribution in [0.1, 0.15) is 13.8 Å². The first-order valence-corrected chi connectivity index (χ1v) is 5.55. The summed E-state index contributed by atoms with van der Waals surface area (Å²) in [4.78, 5) is 11.2. The highest BCUT2D eigenvalue weighted by atomic mass is 79.9. The minimum atomic E-state index is -0.480. The van der Waals surface area contributed by atoms with Crippen molar-refractivity contribution in [3.8, 4) is 5.75 Å². The van der Waals surface area contributed by atoms with Crippen molar-refractivity contribution in [2.45, 2.75) is 20.0 Å². The van der Waals surface area contributed by atoms with Gasteiger partial charge in [0.05, 0.1) is 10.6 Å². The Balaban J connectivity index is 2.54. The molecule has 0 radical (unpaired) electrons. The lowest BCUT2D eigenvalue weighted by atomic mass is 10.3. The van der Waals surface area contributed by atoms with E-state index < -0.39 is 11.8 Å². The van der Waals surface area contributed by atoms with E-state index >= 15 is 0 Å². The van der Waals surface area contributed by atoms with Gasteiger partial charge in [-0.15, -0.1) is 0 Å². The molecule has 0 aliphatic carbocycles. The Hall–Kier alpha value is -1.10. The molecule has 16 heavy (non-hydrogen) atoms. The van der Waals surface area contributed by atoms with E-state index in [2.05, 4.69) is 15.9 Å². The standard InChI is InChI=1S/C11H12BrFO3/c1-7(2)16-11(14)6-15-10-5-8(13)3-4-9(10)12/h3-5,7H,6H2,1-2H3. The highest BCUT2D eigenvalue weighted by Gasteiger charge is 2.09. The molecule has 3 nitrogen and oxygen atoms in total. The van der Waals surface area contributed by atoms with E-state index in [1.165, 1.54) is 18.2 Å². The largest absolute Gasteiger partial charge is 0.481 e. The monoisotopic (exact) mass is 290 g/mol.